The van der Waals surface area contributed by atoms with Gasteiger partial charge in [0, 0.05) is 12.6 Å². The summed E-state index contributed by atoms with van der Waals surface area (Å²) < 4.78 is 27.1. The zero-order chi connectivity index (χ0) is 10.8. The van der Waals surface area contributed by atoms with Crippen LogP contribution in [-0.4, -0.2) is 36.8 Å². The van der Waals surface area contributed by atoms with Crippen molar-refractivity contribution in [3.63, 3.8) is 0 Å². The molecule has 0 spiro atoms. The lowest BCUT2D eigenvalue weighted by molar-refractivity contribution is 0.456. The molecule has 0 bridgehead atoms. The van der Waals surface area contributed by atoms with Gasteiger partial charge in [0.25, 0.3) is 10.2 Å². The summed E-state index contributed by atoms with van der Waals surface area (Å²) in [4.78, 5) is 0.188. The summed E-state index contributed by atoms with van der Waals surface area (Å²) in [5.74, 6) is 0. The molecule has 0 aromatic carbocycles. The second kappa shape index (κ2) is 4.52. The molecule has 7 heteroatoms. The van der Waals surface area contributed by atoms with Crippen molar-refractivity contribution in [2.45, 2.75) is 25.8 Å². The molecule has 14 heavy (non-hydrogen) atoms. The molecular weight excluding hydrogens is 222 g/mol. The normalized spacial score (nSPS) is 17.3. The lowest BCUT2D eigenvalue weighted by Crippen LogP contribution is -2.45. The highest BCUT2D eigenvalue weighted by atomic mass is 32.2. The zero-order valence-electron chi connectivity index (χ0n) is 8.06. The molecule has 1 saturated carbocycles. The van der Waals surface area contributed by atoms with Crippen LogP contribution in [0.15, 0.2) is 0 Å². The Bertz CT molecular complexity index is 311. The number of rotatable bonds is 6. The van der Waals surface area contributed by atoms with Gasteiger partial charge in [0.15, 0.2) is 0 Å². The maximum Gasteiger partial charge on any atom is 0.280 e. The largest absolute Gasteiger partial charge is 0.392 e. The molecule has 0 amide bonds. The van der Waals surface area contributed by atoms with Gasteiger partial charge in [-0.1, -0.05) is 19.1 Å². The third-order valence-corrected chi connectivity index (χ3v) is 3.75. The maximum absolute atomic E-state index is 11.6. The minimum Gasteiger partial charge on any atom is -0.392 e. The molecule has 0 heterocycles. The molecule has 3 N–H and O–H groups in total. The minimum absolute atomic E-state index is 0.105. The summed E-state index contributed by atoms with van der Waals surface area (Å²) in [6.45, 7) is 2.23. The summed E-state index contributed by atoms with van der Waals surface area (Å²) in [6, 6.07) is 0.111. The van der Waals surface area contributed by atoms with Crippen molar-refractivity contribution >= 4 is 27.4 Å². The van der Waals surface area contributed by atoms with E-state index in [0.717, 1.165) is 12.8 Å². The van der Waals surface area contributed by atoms with E-state index >= 15 is 0 Å². The molecule has 0 aromatic rings. The van der Waals surface area contributed by atoms with E-state index in [1.807, 2.05) is 0 Å². The van der Waals surface area contributed by atoms with Crippen molar-refractivity contribution in [1.29, 1.82) is 0 Å². The SMILES string of the molecule is CCN(CC(N)=S)S(=O)(=O)NC1CC1. The standard InChI is InChI=1S/C7H15N3O2S2/c1-2-10(5-7(8)13)14(11,12)9-6-3-4-6/h6,9H,2-5H2,1H3,(H2,8,13). The van der Waals surface area contributed by atoms with Crippen LogP contribution in [-0.2, 0) is 10.2 Å². The molecule has 1 fully saturated rings. The molecule has 1 aliphatic carbocycles. The number of nitrogens with zero attached hydrogens (tertiary/aromatic N) is 1. The third kappa shape index (κ3) is 3.49. The van der Waals surface area contributed by atoms with Crippen LogP contribution in [0.1, 0.15) is 19.8 Å². The lowest BCUT2D eigenvalue weighted by atomic mass is 10.6. The van der Waals surface area contributed by atoms with Gasteiger partial charge >= 0.3 is 0 Å². The van der Waals surface area contributed by atoms with Crippen molar-refractivity contribution in [2.75, 3.05) is 13.1 Å². The Balaban J connectivity index is 2.60. The van der Waals surface area contributed by atoms with E-state index < -0.39 is 10.2 Å². The van der Waals surface area contributed by atoms with Gasteiger partial charge in [0.1, 0.15) is 0 Å². The summed E-state index contributed by atoms with van der Waals surface area (Å²) in [7, 11) is -3.39. The molecule has 1 rings (SSSR count). The van der Waals surface area contributed by atoms with Crippen LogP contribution < -0.4 is 10.5 Å². The van der Waals surface area contributed by atoms with Crippen molar-refractivity contribution in [1.82, 2.24) is 9.03 Å². The highest BCUT2D eigenvalue weighted by Gasteiger charge is 2.30. The summed E-state index contributed by atoms with van der Waals surface area (Å²) in [5, 5.41) is 0. The monoisotopic (exact) mass is 237 g/mol. The van der Waals surface area contributed by atoms with E-state index in [1.54, 1.807) is 6.92 Å². The number of thiocarbonyl (C=S) groups is 1. The van der Waals surface area contributed by atoms with Gasteiger partial charge in [0.2, 0.25) is 0 Å². The van der Waals surface area contributed by atoms with E-state index in [-0.39, 0.29) is 17.6 Å². The van der Waals surface area contributed by atoms with E-state index in [9.17, 15) is 8.42 Å². The van der Waals surface area contributed by atoms with E-state index in [2.05, 4.69) is 16.9 Å². The van der Waals surface area contributed by atoms with Crippen molar-refractivity contribution in [2.24, 2.45) is 5.73 Å². The van der Waals surface area contributed by atoms with Crippen LogP contribution in [0.4, 0.5) is 0 Å². The second-order valence-corrected chi connectivity index (χ2v) is 5.52. The van der Waals surface area contributed by atoms with Gasteiger partial charge in [0.05, 0.1) is 11.5 Å². The molecule has 0 atom stereocenters. The average Bonchev–Trinajstić information content (AvgIpc) is 2.82. The number of nitrogens with two attached hydrogens (primary N) is 1. The summed E-state index contributed by atoms with van der Waals surface area (Å²) in [5.41, 5.74) is 5.31. The van der Waals surface area contributed by atoms with Gasteiger partial charge in [-0.25, -0.2) is 0 Å². The molecule has 1 aliphatic rings. The van der Waals surface area contributed by atoms with Crippen molar-refractivity contribution < 1.29 is 8.42 Å². The minimum atomic E-state index is -3.39. The Labute approximate surface area is 89.8 Å². The Morgan fingerprint density at radius 3 is 2.57 bits per heavy atom. The van der Waals surface area contributed by atoms with E-state index in [1.165, 1.54) is 4.31 Å². The number of nitrogens with one attached hydrogen (secondary N) is 1. The maximum atomic E-state index is 11.6. The highest BCUT2D eigenvalue weighted by molar-refractivity contribution is 7.87. The van der Waals surface area contributed by atoms with Gasteiger partial charge in [-0.2, -0.15) is 17.4 Å². The topological polar surface area (TPSA) is 75.4 Å². The van der Waals surface area contributed by atoms with Gasteiger partial charge in [-0.15, -0.1) is 0 Å². The van der Waals surface area contributed by atoms with Gasteiger partial charge in [-0.05, 0) is 12.8 Å². The first-order valence-electron chi connectivity index (χ1n) is 4.51. The first-order chi connectivity index (χ1) is 6.45. The number of hydrogen-bond donors (Lipinski definition) is 2. The number of hydrogen-bond acceptors (Lipinski definition) is 3. The quantitative estimate of drug-likeness (QED) is 0.616. The lowest BCUT2D eigenvalue weighted by Gasteiger charge is -2.19. The Morgan fingerprint density at radius 1 is 1.64 bits per heavy atom. The fourth-order valence-electron chi connectivity index (χ4n) is 1.03. The Morgan fingerprint density at radius 2 is 2.21 bits per heavy atom. The predicted octanol–water partition coefficient (Wildman–Crippen LogP) is -0.409. The van der Waals surface area contributed by atoms with Gasteiger partial charge < -0.3 is 5.73 Å². The first kappa shape index (κ1) is 11.8. The van der Waals surface area contributed by atoms with E-state index in [0.29, 0.717) is 6.54 Å². The molecule has 5 nitrogen and oxygen atoms in total. The van der Waals surface area contributed by atoms with E-state index in [4.69, 9.17) is 5.73 Å². The second-order valence-electron chi connectivity index (χ2n) is 3.29. The molecule has 0 saturated heterocycles. The van der Waals surface area contributed by atoms with Crippen LogP contribution in [0.2, 0.25) is 0 Å². The highest BCUT2D eigenvalue weighted by Crippen LogP contribution is 2.20. The third-order valence-electron chi connectivity index (χ3n) is 1.92. The van der Waals surface area contributed by atoms with Crippen LogP contribution >= 0.6 is 12.2 Å². The van der Waals surface area contributed by atoms with Gasteiger partial charge in [-0.3, -0.25) is 0 Å². The predicted molar refractivity (Wildman–Crippen MR) is 59.1 cm³/mol. The van der Waals surface area contributed by atoms with Crippen LogP contribution in [0.5, 0.6) is 0 Å². The van der Waals surface area contributed by atoms with Crippen molar-refractivity contribution in [3.8, 4) is 0 Å². The molecular formula is C7H15N3O2S2. The summed E-state index contributed by atoms with van der Waals surface area (Å²) >= 11 is 4.68. The van der Waals surface area contributed by atoms with Crippen molar-refractivity contribution in [3.05, 3.63) is 0 Å². The molecule has 0 aromatic heterocycles. The van der Waals surface area contributed by atoms with Crippen LogP contribution in [0.25, 0.3) is 0 Å². The fourth-order valence-corrected chi connectivity index (χ4v) is 2.72. The zero-order valence-corrected chi connectivity index (χ0v) is 9.70. The molecule has 0 unspecified atom stereocenters. The first-order valence-corrected chi connectivity index (χ1v) is 6.36. The molecule has 82 valence electrons. The van der Waals surface area contributed by atoms with Crippen LogP contribution in [0, 0.1) is 0 Å². The smallest absolute Gasteiger partial charge is 0.280 e. The summed E-state index contributed by atoms with van der Waals surface area (Å²) in [6.07, 6.45) is 1.84. The molecule has 0 radical (unpaired) electrons. The number of likely N-dealkylation sites (N-methyl/N-ethyl adjacent to an activating group) is 1. The average molecular weight is 237 g/mol. The van der Waals surface area contributed by atoms with Crippen LogP contribution in [0.3, 0.4) is 0 Å². The molecule has 0 aliphatic heterocycles. The Hall–Kier alpha value is -0.240. The Kier molecular flexibility index (Phi) is 3.82. The fraction of sp³-hybridized carbons (Fsp3) is 0.857.